The third-order valence-electron chi connectivity index (χ3n) is 4.66. The lowest BCUT2D eigenvalue weighted by Gasteiger charge is -2.35. The van der Waals surface area contributed by atoms with E-state index in [9.17, 15) is 4.39 Å². The van der Waals surface area contributed by atoms with Crippen molar-refractivity contribution in [3.05, 3.63) is 35.6 Å². The molecule has 0 amide bonds. The number of nitrogens with zero attached hydrogens (tertiary/aromatic N) is 2. The highest BCUT2D eigenvalue weighted by molar-refractivity contribution is 5.19. The van der Waals surface area contributed by atoms with Crippen LogP contribution in [0.25, 0.3) is 0 Å². The van der Waals surface area contributed by atoms with Crippen molar-refractivity contribution in [3.63, 3.8) is 0 Å². The van der Waals surface area contributed by atoms with E-state index in [1.54, 1.807) is 12.1 Å². The first-order valence-electron chi connectivity index (χ1n) is 7.89. The number of piperidine rings is 1. The van der Waals surface area contributed by atoms with Gasteiger partial charge in [-0.25, -0.2) is 4.39 Å². The van der Waals surface area contributed by atoms with Gasteiger partial charge in [0.1, 0.15) is 5.82 Å². The fourth-order valence-corrected chi connectivity index (χ4v) is 3.12. The van der Waals surface area contributed by atoms with Crippen LogP contribution in [0.2, 0.25) is 0 Å². The molecule has 0 saturated carbocycles. The number of β-amino-alcohol motifs (C(OH)–C–C–N with tert-alkyl or cyclic N) is 1. The van der Waals surface area contributed by atoms with Crippen LogP contribution in [0.15, 0.2) is 24.3 Å². The summed E-state index contributed by atoms with van der Waals surface area (Å²) in [5, 5.41) is 8.97. The van der Waals surface area contributed by atoms with E-state index in [4.69, 9.17) is 5.11 Å². The van der Waals surface area contributed by atoms with Gasteiger partial charge in [0.2, 0.25) is 0 Å². The van der Waals surface area contributed by atoms with Crippen LogP contribution in [0.3, 0.4) is 0 Å². The van der Waals surface area contributed by atoms with Crippen LogP contribution in [0.5, 0.6) is 0 Å². The number of rotatable bonds is 6. The average molecular weight is 294 g/mol. The van der Waals surface area contributed by atoms with E-state index in [1.807, 2.05) is 6.07 Å². The lowest BCUT2D eigenvalue weighted by atomic mass is 9.95. The summed E-state index contributed by atoms with van der Waals surface area (Å²) in [7, 11) is 2.12. The van der Waals surface area contributed by atoms with Gasteiger partial charge < -0.3 is 10.0 Å². The topological polar surface area (TPSA) is 26.7 Å². The van der Waals surface area contributed by atoms with Crippen molar-refractivity contribution in [1.82, 2.24) is 9.80 Å². The van der Waals surface area contributed by atoms with Gasteiger partial charge >= 0.3 is 0 Å². The first kappa shape index (κ1) is 16.4. The van der Waals surface area contributed by atoms with E-state index in [0.717, 1.165) is 31.7 Å². The Balaban J connectivity index is 1.83. The molecule has 1 atom stereocenters. The maximum Gasteiger partial charge on any atom is 0.123 e. The predicted molar refractivity (Wildman–Crippen MR) is 83.7 cm³/mol. The molecular weight excluding hydrogens is 267 g/mol. The second-order valence-corrected chi connectivity index (χ2v) is 6.18. The van der Waals surface area contributed by atoms with Gasteiger partial charge in [0.05, 0.1) is 6.61 Å². The van der Waals surface area contributed by atoms with E-state index < -0.39 is 0 Å². The van der Waals surface area contributed by atoms with Crippen molar-refractivity contribution in [2.45, 2.75) is 25.8 Å². The molecule has 2 rings (SSSR count). The number of aliphatic hydroxyl groups is 1. The van der Waals surface area contributed by atoms with E-state index in [-0.39, 0.29) is 18.5 Å². The lowest BCUT2D eigenvalue weighted by Crippen LogP contribution is -2.39. The van der Waals surface area contributed by atoms with Crippen LogP contribution < -0.4 is 0 Å². The Kier molecular flexibility index (Phi) is 6.15. The van der Waals surface area contributed by atoms with Gasteiger partial charge in [0.25, 0.3) is 0 Å². The molecule has 0 spiro atoms. The first-order chi connectivity index (χ1) is 10.1. The first-order valence-corrected chi connectivity index (χ1v) is 7.89. The van der Waals surface area contributed by atoms with Crippen LogP contribution in [0.1, 0.15) is 31.4 Å². The zero-order chi connectivity index (χ0) is 15.2. The second kappa shape index (κ2) is 7.87. The van der Waals surface area contributed by atoms with Crippen molar-refractivity contribution in [2.24, 2.45) is 5.92 Å². The third kappa shape index (κ3) is 4.77. The fourth-order valence-electron chi connectivity index (χ4n) is 3.12. The summed E-state index contributed by atoms with van der Waals surface area (Å²) in [4.78, 5) is 4.65. The summed E-state index contributed by atoms with van der Waals surface area (Å²) in [6, 6.07) is 7.13. The minimum absolute atomic E-state index is 0.162. The zero-order valence-electron chi connectivity index (χ0n) is 13.1. The van der Waals surface area contributed by atoms with Gasteiger partial charge in [-0.3, -0.25) is 4.90 Å². The molecule has 0 radical (unpaired) electrons. The van der Waals surface area contributed by atoms with Crippen molar-refractivity contribution < 1.29 is 9.50 Å². The SMILES string of the molecule is CC(c1cccc(F)c1)N(C)CC1CCN(CCO)CC1. The summed E-state index contributed by atoms with van der Waals surface area (Å²) in [5.41, 5.74) is 1.04. The van der Waals surface area contributed by atoms with Crippen LogP contribution in [-0.4, -0.2) is 54.7 Å². The molecule has 1 aliphatic heterocycles. The summed E-state index contributed by atoms with van der Waals surface area (Å²) < 4.78 is 13.3. The predicted octanol–water partition coefficient (Wildman–Crippen LogP) is 2.52. The number of halogens is 1. The summed E-state index contributed by atoms with van der Waals surface area (Å²) in [6.45, 7) is 6.38. The van der Waals surface area contributed by atoms with Gasteiger partial charge in [-0.15, -0.1) is 0 Å². The zero-order valence-corrected chi connectivity index (χ0v) is 13.1. The number of hydrogen-bond donors (Lipinski definition) is 1. The summed E-state index contributed by atoms with van der Waals surface area (Å²) >= 11 is 0. The number of benzene rings is 1. The molecule has 0 aliphatic carbocycles. The van der Waals surface area contributed by atoms with Gasteiger partial charge in [0.15, 0.2) is 0 Å². The molecule has 21 heavy (non-hydrogen) atoms. The Morgan fingerprint density at radius 1 is 1.38 bits per heavy atom. The summed E-state index contributed by atoms with van der Waals surface area (Å²) in [5.74, 6) is 0.533. The number of likely N-dealkylation sites (tertiary alicyclic amines) is 1. The largest absolute Gasteiger partial charge is 0.395 e. The quantitative estimate of drug-likeness (QED) is 0.873. The highest BCUT2D eigenvalue weighted by atomic mass is 19.1. The molecule has 1 unspecified atom stereocenters. The number of aliphatic hydroxyl groups excluding tert-OH is 1. The molecule has 1 aromatic carbocycles. The van der Waals surface area contributed by atoms with Crippen molar-refractivity contribution in [3.8, 4) is 0 Å². The van der Waals surface area contributed by atoms with E-state index in [0.29, 0.717) is 5.92 Å². The Morgan fingerprint density at radius 2 is 2.10 bits per heavy atom. The Morgan fingerprint density at radius 3 is 2.71 bits per heavy atom. The normalized spacial score (nSPS) is 19.1. The molecule has 1 aliphatic rings. The molecular formula is C17H27FN2O. The third-order valence-corrected chi connectivity index (χ3v) is 4.66. The molecule has 0 aromatic heterocycles. The van der Waals surface area contributed by atoms with Gasteiger partial charge in [-0.2, -0.15) is 0 Å². The molecule has 0 bridgehead atoms. The highest BCUT2D eigenvalue weighted by Crippen LogP contribution is 2.24. The molecule has 1 heterocycles. The molecule has 1 N–H and O–H groups in total. The van der Waals surface area contributed by atoms with Crippen LogP contribution in [0.4, 0.5) is 4.39 Å². The van der Waals surface area contributed by atoms with Crippen LogP contribution in [0, 0.1) is 11.7 Å². The molecule has 1 fully saturated rings. The Hall–Kier alpha value is -0.970. The molecule has 1 aromatic rings. The maximum absolute atomic E-state index is 13.3. The molecule has 118 valence electrons. The fraction of sp³-hybridized carbons (Fsp3) is 0.647. The average Bonchev–Trinajstić information content (AvgIpc) is 2.48. The monoisotopic (exact) mass is 294 g/mol. The number of hydrogen-bond acceptors (Lipinski definition) is 3. The minimum atomic E-state index is -0.162. The Labute approximate surface area is 127 Å². The smallest absolute Gasteiger partial charge is 0.123 e. The van der Waals surface area contributed by atoms with Gasteiger partial charge in [0, 0.05) is 19.1 Å². The van der Waals surface area contributed by atoms with Gasteiger partial charge in [-0.05, 0) is 63.5 Å². The van der Waals surface area contributed by atoms with Crippen LogP contribution in [-0.2, 0) is 0 Å². The van der Waals surface area contributed by atoms with Crippen molar-refractivity contribution in [1.29, 1.82) is 0 Å². The standard InChI is InChI=1S/C17H27FN2O/c1-14(16-4-3-5-17(18)12-16)19(2)13-15-6-8-20(9-7-15)10-11-21/h3-5,12,14-15,21H,6-11,13H2,1-2H3. The second-order valence-electron chi connectivity index (χ2n) is 6.18. The minimum Gasteiger partial charge on any atom is -0.395 e. The van der Waals surface area contributed by atoms with Gasteiger partial charge in [-0.1, -0.05) is 12.1 Å². The van der Waals surface area contributed by atoms with E-state index in [1.165, 1.54) is 18.9 Å². The maximum atomic E-state index is 13.3. The Bertz CT molecular complexity index is 433. The van der Waals surface area contributed by atoms with Crippen LogP contribution >= 0.6 is 0 Å². The lowest BCUT2D eigenvalue weighted by molar-refractivity contribution is 0.121. The van der Waals surface area contributed by atoms with Crippen molar-refractivity contribution in [2.75, 3.05) is 39.8 Å². The van der Waals surface area contributed by atoms with Crippen molar-refractivity contribution >= 4 is 0 Å². The molecule has 3 nitrogen and oxygen atoms in total. The summed E-state index contributed by atoms with van der Waals surface area (Å²) in [6.07, 6.45) is 2.36. The van der Waals surface area contributed by atoms with E-state index >= 15 is 0 Å². The molecule has 1 saturated heterocycles. The highest BCUT2D eigenvalue weighted by Gasteiger charge is 2.22. The molecule has 4 heteroatoms. The van der Waals surface area contributed by atoms with E-state index in [2.05, 4.69) is 23.8 Å².